The first-order valence-electron chi connectivity index (χ1n) is 5.54. The minimum absolute atomic E-state index is 0.757. The summed E-state index contributed by atoms with van der Waals surface area (Å²) in [4.78, 5) is 6.82. The van der Waals surface area contributed by atoms with Crippen LogP contribution in [0.1, 0.15) is 20.3 Å². The number of aromatic nitrogens is 1. The molecule has 0 radical (unpaired) electrons. The molecule has 82 valence electrons. The first-order valence-corrected chi connectivity index (χ1v) is 6.33. The van der Waals surface area contributed by atoms with Crippen LogP contribution in [0.15, 0.2) is 22.8 Å². The first-order chi connectivity index (χ1) is 7.18. The van der Waals surface area contributed by atoms with E-state index in [4.69, 9.17) is 0 Å². The topological polar surface area (TPSA) is 16.1 Å². The van der Waals surface area contributed by atoms with Crippen LogP contribution in [0.2, 0.25) is 0 Å². The molecule has 1 aromatic rings. The third kappa shape index (κ3) is 2.33. The van der Waals surface area contributed by atoms with Gasteiger partial charge in [-0.25, -0.2) is 4.98 Å². The molecule has 2 heterocycles. The summed E-state index contributed by atoms with van der Waals surface area (Å²) in [6, 6.07) is 4.02. The van der Waals surface area contributed by atoms with E-state index in [1.165, 1.54) is 6.42 Å². The van der Waals surface area contributed by atoms with Gasteiger partial charge in [-0.15, -0.1) is 0 Å². The van der Waals surface area contributed by atoms with Gasteiger partial charge in [0.25, 0.3) is 0 Å². The summed E-state index contributed by atoms with van der Waals surface area (Å²) in [5.41, 5.74) is 0. The van der Waals surface area contributed by atoms with E-state index in [0.717, 1.165) is 35.2 Å². The molecule has 2 unspecified atom stereocenters. The highest BCUT2D eigenvalue weighted by Crippen LogP contribution is 2.29. The van der Waals surface area contributed by atoms with Gasteiger partial charge in [-0.05, 0) is 46.3 Å². The van der Waals surface area contributed by atoms with Gasteiger partial charge in [0.15, 0.2) is 0 Å². The number of nitrogens with zero attached hydrogens (tertiary/aromatic N) is 2. The van der Waals surface area contributed by atoms with E-state index in [1.54, 1.807) is 0 Å². The van der Waals surface area contributed by atoms with Crippen LogP contribution >= 0.6 is 15.9 Å². The molecule has 0 bridgehead atoms. The van der Waals surface area contributed by atoms with Gasteiger partial charge in [-0.3, -0.25) is 0 Å². The number of rotatable bonds is 1. The Morgan fingerprint density at radius 1 is 1.40 bits per heavy atom. The van der Waals surface area contributed by atoms with Crippen LogP contribution in [0.4, 0.5) is 5.82 Å². The number of pyridine rings is 1. The third-order valence-corrected chi connectivity index (χ3v) is 3.99. The van der Waals surface area contributed by atoms with Gasteiger partial charge >= 0.3 is 0 Å². The van der Waals surface area contributed by atoms with Crippen molar-refractivity contribution in [2.75, 3.05) is 18.0 Å². The fourth-order valence-corrected chi connectivity index (χ4v) is 2.57. The van der Waals surface area contributed by atoms with Crippen LogP contribution in [0.3, 0.4) is 0 Å². The second-order valence-corrected chi connectivity index (χ2v) is 5.35. The lowest BCUT2D eigenvalue weighted by Gasteiger charge is -2.36. The summed E-state index contributed by atoms with van der Waals surface area (Å²) in [7, 11) is 0. The zero-order valence-corrected chi connectivity index (χ0v) is 10.9. The van der Waals surface area contributed by atoms with Crippen molar-refractivity contribution in [3.63, 3.8) is 0 Å². The van der Waals surface area contributed by atoms with E-state index in [9.17, 15) is 0 Å². The molecule has 3 heteroatoms. The van der Waals surface area contributed by atoms with E-state index in [0.29, 0.717) is 0 Å². The van der Waals surface area contributed by atoms with Crippen molar-refractivity contribution >= 4 is 21.7 Å². The molecule has 2 atom stereocenters. The Hall–Kier alpha value is -0.570. The highest BCUT2D eigenvalue weighted by atomic mass is 79.9. The van der Waals surface area contributed by atoms with Crippen LogP contribution in [0.25, 0.3) is 0 Å². The summed E-state index contributed by atoms with van der Waals surface area (Å²) in [5.74, 6) is 2.69. The zero-order valence-electron chi connectivity index (χ0n) is 9.28. The number of piperidine rings is 1. The molecule has 0 aliphatic carbocycles. The lowest BCUT2D eigenvalue weighted by Crippen LogP contribution is -2.39. The lowest BCUT2D eigenvalue weighted by atomic mass is 9.89. The minimum atomic E-state index is 0.757. The van der Waals surface area contributed by atoms with Gasteiger partial charge in [0.05, 0.1) is 4.47 Å². The molecule has 1 aliphatic heterocycles. The largest absolute Gasteiger partial charge is 0.355 e. The van der Waals surface area contributed by atoms with Crippen LogP contribution < -0.4 is 4.90 Å². The molecule has 0 N–H and O–H groups in total. The Morgan fingerprint density at radius 2 is 2.20 bits per heavy atom. The van der Waals surface area contributed by atoms with Gasteiger partial charge in [0.2, 0.25) is 0 Å². The van der Waals surface area contributed by atoms with Gasteiger partial charge in [-0.1, -0.05) is 13.8 Å². The molecule has 0 spiro atoms. The molecule has 1 fully saturated rings. The molecular weight excluding hydrogens is 252 g/mol. The molecule has 0 saturated carbocycles. The van der Waals surface area contributed by atoms with Gasteiger partial charge < -0.3 is 4.90 Å². The summed E-state index contributed by atoms with van der Waals surface area (Å²) in [5, 5.41) is 0. The zero-order chi connectivity index (χ0) is 10.8. The van der Waals surface area contributed by atoms with Crippen molar-refractivity contribution in [3.8, 4) is 0 Å². The number of halogens is 1. The van der Waals surface area contributed by atoms with Gasteiger partial charge in [-0.2, -0.15) is 0 Å². The Kier molecular flexibility index (Phi) is 3.29. The standard InChI is InChI=1S/C12H17BrN2/c1-9-5-7-15(8-10(9)2)12-11(13)4-3-6-14-12/h3-4,6,9-10H,5,7-8H2,1-2H3. The van der Waals surface area contributed by atoms with Crippen molar-refractivity contribution in [3.05, 3.63) is 22.8 Å². The number of hydrogen-bond acceptors (Lipinski definition) is 2. The van der Waals surface area contributed by atoms with Crippen LogP contribution in [0, 0.1) is 11.8 Å². The fourth-order valence-electron chi connectivity index (χ4n) is 2.07. The number of anilines is 1. The predicted molar refractivity (Wildman–Crippen MR) is 67.1 cm³/mol. The number of hydrogen-bond donors (Lipinski definition) is 0. The molecule has 2 rings (SSSR count). The van der Waals surface area contributed by atoms with E-state index in [1.807, 2.05) is 12.3 Å². The maximum absolute atomic E-state index is 4.44. The maximum atomic E-state index is 4.44. The van der Waals surface area contributed by atoms with Crippen LogP contribution in [-0.4, -0.2) is 18.1 Å². The van der Waals surface area contributed by atoms with Crippen LogP contribution in [0.5, 0.6) is 0 Å². The van der Waals surface area contributed by atoms with E-state index in [2.05, 4.69) is 45.7 Å². The van der Waals surface area contributed by atoms with E-state index >= 15 is 0 Å². The van der Waals surface area contributed by atoms with E-state index in [-0.39, 0.29) is 0 Å². The quantitative estimate of drug-likeness (QED) is 0.777. The minimum Gasteiger partial charge on any atom is -0.355 e. The molecular formula is C12H17BrN2. The van der Waals surface area contributed by atoms with Crippen LogP contribution in [-0.2, 0) is 0 Å². The van der Waals surface area contributed by atoms with Gasteiger partial charge in [0.1, 0.15) is 5.82 Å². The summed E-state index contributed by atoms with van der Waals surface area (Å²) in [6.07, 6.45) is 3.13. The Labute approximate surface area is 99.8 Å². The molecule has 1 saturated heterocycles. The van der Waals surface area contributed by atoms with Crippen molar-refractivity contribution in [1.82, 2.24) is 4.98 Å². The first kappa shape index (κ1) is 10.9. The summed E-state index contributed by atoms with van der Waals surface area (Å²) in [6.45, 7) is 6.92. The molecule has 15 heavy (non-hydrogen) atoms. The Morgan fingerprint density at radius 3 is 2.87 bits per heavy atom. The van der Waals surface area contributed by atoms with E-state index < -0.39 is 0 Å². The molecule has 1 aromatic heterocycles. The van der Waals surface area contributed by atoms with Crippen molar-refractivity contribution in [2.24, 2.45) is 11.8 Å². The normalized spacial score (nSPS) is 26.7. The summed E-state index contributed by atoms with van der Waals surface area (Å²) < 4.78 is 1.10. The van der Waals surface area contributed by atoms with Gasteiger partial charge in [0, 0.05) is 19.3 Å². The summed E-state index contributed by atoms with van der Waals surface area (Å²) >= 11 is 3.56. The second kappa shape index (κ2) is 4.52. The monoisotopic (exact) mass is 268 g/mol. The second-order valence-electron chi connectivity index (χ2n) is 4.50. The Bertz CT molecular complexity index is 340. The molecule has 0 amide bonds. The predicted octanol–water partition coefficient (Wildman–Crippen LogP) is 3.33. The average Bonchev–Trinajstić information content (AvgIpc) is 2.23. The SMILES string of the molecule is CC1CCN(c2ncccc2Br)CC1C. The fraction of sp³-hybridized carbons (Fsp3) is 0.583. The molecule has 2 nitrogen and oxygen atoms in total. The highest BCUT2D eigenvalue weighted by molar-refractivity contribution is 9.10. The average molecular weight is 269 g/mol. The Balaban J connectivity index is 2.15. The third-order valence-electron chi connectivity index (χ3n) is 3.37. The van der Waals surface area contributed by atoms with Crippen molar-refractivity contribution in [1.29, 1.82) is 0 Å². The molecule has 0 aromatic carbocycles. The van der Waals surface area contributed by atoms with Crippen molar-refractivity contribution < 1.29 is 0 Å². The van der Waals surface area contributed by atoms with Crippen molar-refractivity contribution in [2.45, 2.75) is 20.3 Å². The lowest BCUT2D eigenvalue weighted by molar-refractivity contribution is 0.322. The highest BCUT2D eigenvalue weighted by Gasteiger charge is 2.24. The molecule has 1 aliphatic rings. The smallest absolute Gasteiger partial charge is 0.142 e. The maximum Gasteiger partial charge on any atom is 0.142 e.